The first-order chi connectivity index (χ1) is 8.95. The number of hydrogen-bond donors (Lipinski definition) is 3. The summed E-state index contributed by atoms with van der Waals surface area (Å²) in [7, 11) is -3.74. The lowest BCUT2D eigenvalue weighted by molar-refractivity contribution is 0.598. The Bertz CT molecular complexity index is 504. The number of nitrogens with two attached hydrogens (primary N) is 2. The Kier molecular flexibility index (Phi) is 6.47. The van der Waals surface area contributed by atoms with Crippen LogP contribution in [0.2, 0.25) is 0 Å². The molecule has 0 aliphatic carbocycles. The first kappa shape index (κ1) is 16.1. The van der Waals surface area contributed by atoms with Crippen LogP contribution in [0.25, 0.3) is 0 Å². The summed E-state index contributed by atoms with van der Waals surface area (Å²) in [6.45, 7) is 0.850. The molecule has 0 atom stereocenters. The molecule has 0 radical (unpaired) electrons. The molecule has 19 heavy (non-hydrogen) atoms. The number of anilines is 2. The van der Waals surface area contributed by atoms with Gasteiger partial charge in [0, 0.05) is 12.2 Å². The topological polar surface area (TPSA) is 98.2 Å². The Morgan fingerprint density at radius 3 is 2.58 bits per heavy atom. The zero-order chi connectivity index (χ0) is 14.3. The van der Waals surface area contributed by atoms with Crippen LogP contribution in [0.1, 0.15) is 19.3 Å². The third kappa shape index (κ3) is 5.71. The van der Waals surface area contributed by atoms with Gasteiger partial charge in [-0.15, -0.1) is 0 Å². The van der Waals surface area contributed by atoms with Gasteiger partial charge in [0.2, 0.25) is 10.0 Å². The minimum absolute atomic E-state index is 0.0296. The predicted octanol–water partition coefficient (Wildman–Crippen LogP) is 1.86. The summed E-state index contributed by atoms with van der Waals surface area (Å²) < 4.78 is 22.4. The molecule has 7 heteroatoms. The van der Waals surface area contributed by atoms with Crippen LogP contribution in [-0.2, 0) is 10.0 Å². The highest BCUT2D eigenvalue weighted by Gasteiger charge is 2.11. The van der Waals surface area contributed by atoms with Crippen LogP contribution in [0.15, 0.2) is 23.1 Å². The molecule has 5 N–H and O–H groups in total. The second-order valence-electron chi connectivity index (χ2n) is 4.28. The minimum Gasteiger partial charge on any atom is -0.398 e. The quantitative estimate of drug-likeness (QED) is 0.503. The molecule has 1 rings (SSSR count). The van der Waals surface area contributed by atoms with Crippen LogP contribution < -0.4 is 16.2 Å². The maximum atomic E-state index is 11.2. The fourth-order valence-corrected chi connectivity index (χ4v) is 2.84. The van der Waals surface area contributed by atoms with E-state index in [1.807, 2.05) is 11.8 Å². The van der Waals surface area contributed by atoms with Crippen molar-refractivity contribution in [2.75, 3.05) is 29.6 Å². The van der Waals surface area contributed by atoms with E-state index >= 15 is 0 Å². The molecule has 0 bridgehead atoms. The van der Waals surface area contributed by atoms with Gasteiger partial charge < -0.3 is 11.1 Å². The third-order valence-corrected chi connectivity index (χ3v) is 4.35. The van der Waals surface area contributed by atoms with Gasteiger partial charge in [0.25, 0.3) is 0 Å². The molecule has 0 spiro atoms. The summed E-state index contributed by atoms with van der Waals surface area (Å²) in [5.41, 5.74) is 6.67. The minimum atomic E-state index is -3.74. The molecule has 1 aromatic rings. The zero-order valence-corrected chi connectivity index (χ0v) is 12.7. The van der Waals surface area contributed by atoms with Crippen LogP contribution in [0.5, 0.6) is 0 Å². The average Bonchev–Trinajstić information content (AvgIpc) is 2.32. The zero-order valence-electron chi connectivity index (χ0n) is 11.1. The predicted molar refractivity (Wildman–Crippen MR) is 83.0 cm³/mol. The van der Waals surface area contributed by atoms with Gasteiger partial charge in [-0.25, -0.2) is 13.6 Å². The second kappa shape index (κ2) is 7.62. The van der Waals surface area contributed by atoms with E-state index in [1.165, 1.54) is 24.7 Å². The highest BCUT2D eigenvalue weighted by Crippen LogP contribution is 2.21. The van der Waals surface area contributed by atoms with Crippen LogP contribution in [0.4, 0.5) is 11.4 Å². The molecule has 1 aromatic carbocycles. The summed E-state index contributed by atoms with van der Waals surface area (Å²) in [6.07, 6.45) is 5.58. The van der Waals surface area contributed by atoms with Crippen LogP contribution in [-0.4, -0.2) is 27.0 Å². The smallest absolute Gasteiger partial charge is 0.240 e. The van der Waals surface area contributed by atoms with E-state index in [2.05, 4.69) is 11.6 Å². The van der Waals surface area contributed by atoms with E-state index in [0.29, 0.717) is 0 Å². The maximum absolute atomic E-state index is 11.2. The number of sulfonamides is 1. The average molecular weight is 303 g/mol. The van der Waals surface area contributed by atoms with Crippen molar-refractivity contribution in [1.29, 1.82) is 0 Å². The summed E-state index contributed by atoms with van der Waals surface area (Å²) in [6, 6.07) is 4.71. The Morgan fingerprint density at radius 1 is 1.26 bits per heavy atom. The molecule has 108 valence electrons. The van der Waals surface area contributed by atoms with Crippen LogP contribution >= 0.6 is 11.8 Å². The van der Waals surface area contributed by atoms with Crippen molar-refractivity contribution in [1.82, 2.24) is 0 Å². The van der Waals surface area contributed by atoms with Crippen molar-refractivity contribution in [2.24, 2.45) is 5.14 Å². The van der Waals surface area contributed by atoms with E-state index < -0.39 is 10.0 Å². The molecule has 0 heterocycles. The summed E-state index contributed by atoms with van der Waals surface area (Å²) in [4.78, 5) is -0.0296. The number of hydrogen-bond acceptors (Lipinski definition) is 5. The van der Waals surface area contributed by atoms with E-state index in [0.717, 1.165) is 18.7 Å². The Labute approximate surface area is 119 Å². The molecular weight excluding hydrogens is 282 g/mol. The molecule has 0 unspecified atom stereocenters. The van der Waals surface area contributed by atoms with E-state index in [1.54, 1.807) is 12.1 Å². The first-order valence-corrected chi connectivity index (χ1v) is 9.04. The van der Waals surface area contributed by atoms with Gasteiger partial charge in [-0.1, -0.05) is 6.42 Å². The number of primary sulfonamides is 1. The maximum Gasteiger partial charge on any atom is 0.240 e. The molecule has 5 nitrogen and oxygen atoms in total. The first-order valence-electron chi connectivity index (χ1n) is 6.10. The SMILES string of the molecule is CSCCCCCNc1ccc(S(N)(=O)=O)c(N)c1. The van der Waals surface area contributed by atoms with E-state index in [4.69, 9.17) is 10.9 Å². The van der Waals surface area contributed by atoms with Gasteiger partial charge in [-0.05, 0) is 43.0 Å². The van der Waals surface area contributed by atoms with Crippen molar-refractivity contribution >= 4 is 33.2 Å². The fourth-order valence-electron chi connectivity index (χ4n) is 1.70. The molecule has 0 amide bonds. The normalized spacial score (nSPS) is 11.5. The highest BCUT2D eigenvalue weighted by molar-refractivity contribution is 7.98. The second-order valence-corrected chi connectivity index (χ2v) is 6.79. The largest absolute Gasteiger partial charge is 0.398 e. The standard InChI is InChI=1S/C12H21N3O2S2/c1-18-8-4-2-3-7-15-10-5-6-12(11(13)9-10)19(14,16)17/h5-6,9,15H,2-4,7-8,13H2,1H3,(H2,14,16,17). The number of nitrogens with one attached hydrogen (secondary N) is 1. The Hall–Kier alpha value is -0.920. The van der Waals surface area contributed by atoms with Gasteiger partial charge in [-0.3, -0.25) is 0 Å². The lowest BCUT2D eigenvalue weighted by Crippen LogP contribution is -2.14. The van der Waals surface area contributed by atoms with Gasteiger partial charge in [-0.2, -0.15) is 11.8 Å². The number of nitrogen functional groups attached to an aromatic ring is 1. The molecular formula is C12H21N3O2S2. The molecule has 0 saturated carbocycles. The number of thioether (sulfide) groups is 1. The lowest BCUT2D eigenvalue weighted by atomic mass is 10.2. The number of unbranched alkanes of at least 4 members (excludes halogenated alkanes) is 2. The molecule has 0 aromatic heterocycles. The van der Waals surface area contributed by atoms with Crippen molar-refractivity contribution in [3.05, 3.63) is 18.2 Å². The molecule has 0 saturated heterocycles. The number of rotatable bonds is 8. The Morgan fingerprint density at radius 2 is 2.00 bits per heavy atom. The van der Waals surface area contributed by atoms with Gasteiger partial charge in [0.1, 0.15) is 4.90 Å². The monoisotopic (exact) mass is 303 g/mol. The van der Waals surface area contributed by atoms with Crippen molar-refractivity contribution in [2.45, 2.75) is 24.2 Å². The van der Waals surface area contributed by atoms with E-state index in [-0.39, 0.29) is 10.6 Å². The summed E-state index contributed by atoms with van der Waals surface area (Å²) in [5.74, 6) is 1.19. The lowest BCUT2D eigenvalue weighted by Gasteiger charge is -2.09. The van der Waals surface area contributed by atoms with Gasteiger partial charge in [0.15, 0.2) is 0 Å². The summed E-state index contributed by atoms with van der Waals surface area (Å²) in [5, 5.41) is 8.26. The van der Waals surface area contributed by atoms with Gasteiger partial charge in [0.05, 0.1) is 5.69 Å². The van der Waals surface area contributed by atoms with Crippen LogP contribution in [0.3, 0.4) is 0 Å². The summed E-state index contributed by atoms with van der Waals surface area (Å²) >= 11 is 1.86. The van der Waals surface area contributed by atoms with Gasteiger partial charge >= 0.3 is 0 Å². The molecule has 0 aliphatic heterocycles. The highest BCUT2D eigenvalue weighted by atomic mass is 32.2. The third-order valence-electron chi connectivity index (χ3n) is 2.67. The van der Waals surface area contributed by atoms with E-state index in [9.17, 15) is 8.42 Å². The number of benzene rings is 1. The fraction of sp³-hybridized carbons (Fsp3) is 0.500. The van der Waals surface area contributed by atoms with Crippen molar-refractivity contribution < 1.29 is 8.42 Å². The molecule has 0 aliphatic rings. The molecule has 0 fully saturated rings. The van der Waals surface area contributed by atoms with Crippen LogP contribution in [0, 0.1) is 0 Å². The van der Waals surface area contributed by atoms with Crippen molar-refractivity contribution in [3.63, 3.8) is 0 Å². The Balaban J connectivity index is 2.46. The van der Waals surface area contributed by atoms with Crippen molar-refractivity contribution in [3.8, 4) is 0 Å².